The first kappa shape index (κ1) is 13.7. The predicted octanol–water partition coefficient (Wildman–Crippen LogP) is 2.09. The maximum atomic E-state index is 10.9. The minimum Gasteiger partial charge on any atom is -0.369 e. The summed E-state index contributed by atoms with van der Waals surface area (Å²) in [5.41, 5.74) is 0.759. The van der Waals surface area contributed by atoms with Gasteiger partial charge in [-0.15, -0.1) is 0 Å². The minimum absolute atomic E-state index is 0.0535. The molecule has 0 spiro atoms. The van der Waals surface area contributed by atoms with Crippen LogP contribution in [-0.2, 0) is 0 Å². The number of anilines is 1. The zero-order valence-corrected chi connectivity index (χ0v) is 11.6. The van der Waals surface area contributed by atoms with Crippen molar-refractivity contribution in [2.75, 3.05) is 18.4 Å². The highest BCUT2D eigenvalue weighted by Gasteiger charge is 2.14. The summed E-state index contributed by atoms with van der Waals surface area (Å²) >= 11 is 0. The van der Waals surface area contributed by atoms with E-state index in [0.717, 1.165) is 19.5 Å². The van der Waals surface area contributed by atoms with Crippen LogP contribution in [0.25, 0.3) is 10.9 Å². The van der Waals surface area contributed by atoms with Crippen molar-refractivity contribution in [3.05, 3.63) is 34.6 Å². The number of nitrogens with one attached hydrogen (secondary N) is 2. The fourth-order valence-electron chi connectivity index (χ4n) is 2.67. The number of rotatable bonds is 5. The van der Waals surface area contributed by atoms with Gasteiger partial charge in [0, 0.05) is 30.1 Å². The topological polar surface area (TPSA) is 93.0 Å². The molecule has 1 unspecified atom stereocenters. The minimum atomic E-state index is -0.404. The second-order valence-corrected chi connectivity index (χ2v) is 5.19. The van der Waals surface area contributed by atoms with Crippen LogP contribution in [0.4, 0.5) is 11.5 Å². The van der Waals surface area contributed by atoms with Crippen molar-refractivity contribution >= 4 is 22.4 Å². The standard InChI is InChI=1S/C14H17N5O2/c20-19(21)11-3-4-13-12(8-11)14(18-9-17-13)16-7-5-10-2-1-6-15-10/h3-4,8-10,15H,1-2,5-7H2,(H,16,17,18). The summed E-state index contributed by atoms with van der Waals surface area (Å²) in [6, 6.07) is 5.19. The lowest BCUT2D eigenvalue weighted by Crippen LogP contribution is -2.24. The molecule has 110 valence electrons. The molecule has 2 heterocycles. The molecule has 1 aromatic heterocycles. The molecule has 2 N–H and O–H groups in total. The van der Waals surface area contributed by atoms with E-state index in [1.165, 1.54) is 31.3 Å². The van der Waals surface area contributed by atoms with E-state index in [9.17, 15) is 10.1 Å². The van der Waals surface area contributed by atoms with Crippen LogP contribution in [-0.4, -0.2) is 34.0 Å². The number of non-ortho nitro benzene ring substituents is 1. The molecule has 7 nitrogen and oxygen atoms in total. The van der Waals surface area contributed by atoms with E-state index >= 15 is 0 Å². The Morgan fingerprint density at radius 2 is 2.33 bits per heavy atom. The monoisotopic (exact) mass is 287 g/mol. The molecule has 0 aliphatic carbocycles. The van der Waals surface area contributed by atoms with Crippen molar-refractivity contribution in [2.24, 2.45) is 0 Å². The lowest BCUT2D eigenvalue weighted by atomic mass is 10.1. The van der Waals surface area contributed by atoms with Crippen molar-refractivity contribution in [1.82, 2.24) is 15.3 Å². The Kier molecular flexibility index (Phi) is 3.92. The van der Waals surface area contributed by atoms with E-state index in [4.69, 9.17) is 0 Å². The number of aromatic nitrogens is 2. The van der Waals surface area contributed by atoms with Crippen LogP contribution in [0, 0.1) is 10.1 Å². The van der Waals surface area contributed by atoms with Gasteiger partial charge in [0.15, 0.2) is 0 Å². The van der Waals surface area contributed by atoms with Crippen LogP contribution >= 0.6 is 0 Å². The van der Waals surface area contributed by atoms with E-state index in [-0.39, 0.29) is 5.69 Å². The largest absolute Gasteiger partial charge is 0.369 e. The molecule has 1 fully saturated rings. The summed E-state index contributed by atoms with van der Waals surface area (Å²) in [6.45, 7) is 1.87. The maximum absolute atomic E-state index is 10.9. The lowest BCUT2D eigenvalue weighted by molar-refractivity contribution is -0.384. The molecule has 21 heavy (non-hydrogen) atoms. The van der Waals surface area contributed by atoms with Crippen molar-refractivity contribution in [1.29, 1.82) is 0 Å². The molecule has 1 aromatic carbocycles. The summed E-state index contributed by atoms with van der Waals surface area (Å²) < 4.78 is 0. The zero-order valence-electron chi connectivity index (χ0n) is 11.6. The van der Waals surface area contributed by atoms with Crippen molar-refractivity contribution in [3.63, 3.8) is 0 Å². The Morgan fingerprint density at radius 3 is 3.10 bits per heavy atom. The highest BCUT2D eigenvalue weighted by Crippen LogP contribution is 2.24. The van der Waals surface area contributed by atoms with Crippen LogP contribution in [0.5, 0.6) is 0 Å². The fourth-order valence-corrected chi connectivity index (χ4v) is 2.67. The van der Waals surface area contributed by atoms with E-state index in [2.05, 4.69) is 20.6 Å². The molecule has 0 radical (unpaired) electrons. The average Bonchev–Trinajstić information content (AvgIpc) is 3.00. The fraction of sp³-hybridized carbons (Fsp3) is 0.429. The first-order valence-electron chi connectivity index (χ1n) is 7.10. The number of nitro benzene ring substituents is 1. The molecule has 1 atom stereocenters. The van der Waals surface area contributed by atoms with Gasteiger partial charge in [-0.25, -0.2) is 9.97 Å². The molecule has 0 amide bonds. The van der Waals surface area contributed by atoms with Crippen molar-refractivity contribution < 1.29 is 4.92 Å². The van der Waals surface area contributed by atoms with E-state index in [1.807, 2.05) is 0 Å². The Balaban J connectivity index is 1.76. The van der Waals surface area contributed by atoms with Crippen LogP contribution < -0.4 is 10.6 Å². The molecule has 1 aliphatic rings. The van der Waals surface area contributed by atoms with Gasteiger partial charge < -0.3 is 10.6 Å². The van der Waals surface area contributed by atoms with Gasteiger partial charge in [0.1, 0.15) is 12.1 Å². The normalized spacial score (nSPS) is 18.0. The number of fused-ring (bicyclic) bond motifs is 1. The maximum Gasteiger partial charge on any atom is 0.270 e. The number of benzene rings is 1. The molecule has 1 aliphatic heterocycles. The molecular weight excluding hydrogens is 270 g/mol. The summed E-state index contributed by atoms with van der Waals surface area (Å²) in [5, 5.41) is 18.3. The third-order valence-corrected chi connectivity index (χ3v) is 3.78. The van der Waals surface area contributed by atoms with Crippen LogP contribution in [0.2, 0.25) is 0 Å². The smallest absolute Gasteiger partial charge is 0.270 e. The lowest BCUT2D eigenvalue weighted by Gasteiger charge is -2.12. The van der Waals surface area contributed by atoms with Gasteiger partial charge in [-0.1, -0.05) is 0 Å². The summed E-state index contributed by atoms with van der Waals surface area (Å²) in [7, 11) is 0. The summed E-state index contributed by atoms with van der Waals surface area (Å²) in [4.78, 5) is 18.8. The predicted molar refractivity (Wildman–Crippen MR) is 80.3 cm³/mol. The van der Waals surface area contributed by atoms with E-state index < -0.39 is 4.92 Å². The molecule has 0 saturated carbocycles. The average molecular weight is 287 g/mol. The second kappa shape index (κ2) is 6.01. The van der Waals surface area contributed by atoms with Gasteiger partial charge >= 0.3 is 0 Å². The molecule has 3 rings (SSSR count). The molecule has 0 bridgehead atoms. The third kappa shape index (κ3) is 3.08. The van der Waals surface area contributed by atoms with Gasteiger partial charge in [0.05, 0.1) is 10.4 Å². The Hall–Kier alpha value is -2.28. The number of hydrogen-bond donors (Lipinski definition) is 2. The Morgan fingerprint density at radius 1 is 1.43 bits per heavy atom. The molecule has 2 aromatic rings. The van der Waals surface area contributed by atoms with Gasteiger partial charge in [-0.05, 0) is 31.9 Å². The van der Waals surface area contributed by atoms with Crippen LogP contribution in [0.3, 0.4) is 0 Å². The Bertz CT molecular complexity index is 655. The molecule has 7 heteroatoms. The Labute approximate surface area is 121 Å². The highest BCUT2D eigenvalue weighted by molar-refractivity contribution is 5.90. The first-order chi connectivity index (χ1) is 10.2. The summed E-state index contributed by atoms with van der Waals surface area (Å²) in [6.07, 6.45) is 4.93. The van der Waals surface area contributed by atoms with Crippen LogP contribution in [0.1, 0.15) is 19.3 Å². The summed E-state index contributed by atoms with van der Waals surface area (Å²) in [5.74, 6) is 0.654. The van der Waals surface area contributed by atoms with Crippen molar-refractivity contribution in [2.45, 2.75) is 25.3 Å². The van der Waals surface area contributed by atoms with Gasteiger partial charge in [0.2, 0.25) is 0 Å². The van der Waals surface area contributed by atoms with E-state index in [0.29, 0.717) is 22.8 Å². The number of nitro groups is 1. The van der Waals surface area contributed by atoms with Gasteiger partial charge in [-0.2, -0.15) is 0 Å². The number of nitrogens with zero attached hydrogens (tertiary/aromatic N) is 3. The van der Waals surface area contributed by atoms with Crippen LogP contribution in [0.15, 0.2) is 24.5 Å². The molecule has 1 saturated heterocycles. The van der Waals surface area contributed by atoms with E-state index in [1.54, 1.807) is 6.07 Å². The van der Waals surface area contributed by atoms with Gasteiger partial charge in [0.25, 0.3) is 5.69 Å². The highest BCUT2D eigenvalue weighted by atomic mass is 16.6. The van der Waals surface area contributed by atoms with Crippen molar-refractivity contribution in [3.8, 4) is 0 Å². The third-order valence-electron chi connectivity index (χ3n) is 3.78. The molecular formula is C14H17N5O2. The second-order valence-electron chi connectivity index (χ2n) is 5.19. The van der Waals surface area contributed by atoms with Gasteiger partial charge in [-0.3, -0.25) is 10.1 Å². The first-order valence-corrected chi connectivity index (χ1v) is 7.10. The quantitative estimate of drug-likeness (QED) is 0.646. The SMILES string of the molecule is O=[N+]([O-])c1ccc2ncnc(NCCC3CCCN3)c2c1. The zero-order chi connectivity index (χ0) is 14.7. The number of hydrogen-bond acceptors (Lipinski definition) is 6.